The van der Waals surface area contributed by atoms with Gasteiger partial charge in [-0.15, -0.1) is 0 Å². The minimum Gasteiger partial charge on any atom is -0.459 e. The predicted octanol–water partition coefficient (Wildman–Crippen LogP) is 5.74. The number of halogens is 1. The van der Waals surface area contributed by atoms with Crippen molar-refractivity contribution in [3.63, 3.8) is 0 Å². The number of hydrogen-bond acceptors (Lipinski definition) is 5. The molecule has 0 radical (unpaired) electrons. The van der Waals surface area contributed by atoms with Gasteiger partial charge in [0.15, 0.2) is 5.76 Å². The van der Waals surface area contributed by atoms with Gasteiger partial charge >= 0.3 is 0 Å². The molecule has 0 atom stereocenters. The fraction of sp³-hybridized carbons (Fsp3) is 0.115. The predicted molar refractivity (Wildman–Crippen MR) is 135 cm³/mol. The molecule has 35 heavy (non-hydrogen) atoms. The average Bonchev–Trinajstić information content (AvgIpc) is 3.41. The van der Waals surface area contributed by atoms with E-state index >= 15 is 0 Å². The smallest absolute Gasteiger partial charge is 0.293 e. The number of carbonyl (C=O) groups excluding carboxylic acids is 1. The molecule has 0 aliphatic heterocycles. The van der Waals surface area contributed by atoms with Gasteiger partial charge in [-0.3, -0.25) is 4.79 Å². The number of anilines is 1. The molecule has 4 rings (SSSR count). The van der Waals surface area contributed by atoms with Gasteiger partial charge in [0.1, 0.15) is 11.5 Å². The van der Waals surface area contributed by atoms with Crippen LogP contribution >= 0.6 is 11.6 Å². The molecule has 1 heterocycles. The Balaban J connectivity index is 1.43. The molecule has 0 spiro atoms. The summed E-state index contributed by atoms with van der Waals surface area (Å²) < 4.78 is 38.7. The molecule has 4 aromatic rings. The van der Waals surface area contributed by atoms with Crippen LogP contribution in [0.15, 0.2) is 107 Å². The molecule has 1 amide bonds. The summed E-state index contributed by atoms with van der Waals surface area (Å²) in [6, 6.07) is 25.6. The Kier molecular flexibility index (Phi) is 7.87. The third kappa shape index (κ3) is 6.51. The number of hydrogen-bond donors (Lipinski definition) is 1. The monoisotopic (exact) mass is 510 g/mol. The van der Waals surface area contributed by atoms with Crippen molar-refractivity contribution in [1.29, 1.82) is 0 Å². The van der Waals surface area contributed by atoms with Gasteiger partial charge in [-0.05, 0) is 79.2 Å². The van der Waals surface area contributed by atoms with E-state index in [1.54, 1.807) is 41.3 Å². The minimum absolute atomic E-state index is 0.124. The number of sulfonamides is 1. The highest BCUT2D eigenvalue weighted by Gasteiger charge is 2.21. The lowest BCUT2D eigenvalue weighted by Crippen LogP contribution is -2.34. The summed E-state index contributed by atoms with van der Waals surface area (Å²) in [6.45, 7) is 0.406. The Morgan fingerprint density at radius 1 is 0.886 bits per heavy atom. The standard InChI is InChI=1S/C26H23ClN2O5S/c27-20-9-15-24(16-10-20)35(31,32)28-17-5-18-29(26(30)25-8-4-19-33-25)21-11-13-23(14-12-21)34-22-6-2-1-3-7-22/h1-4,6-16,19,28H,5,17-18H2. The van der Waals surface area contributed by atoms with Crippen LogP contribution < -0.4 is 14.4 Å². The van der Waals surface area contributed by atoms with Crippen LogP contribution in [0.1, 0.15) is 17.0 Å². The van der Waals surface area contributed by atoms with Crippen LogP contribution in [0, 0.1) is 0 Å². The summed E-state index contributed by atoms with van der Waals surface area (Å²) in [5.41, 5.74) is 0.632. The summed E-state index contributed by atoms with van der Waals surface area (Å²) in [6.07, 6.45) is 1.81. The molecule has 0 aliphatic carbocycles. The molecule has 0 bridgehead atoms. The van der Waals surface area contributed by atoms with Crippen LogP contribution in [0.25, 0.3) is 0 Å². The van der Waals surface area contributed by atoms with E-state index in [9.17, 15) is 13.2 Å². The second-order valence-electron chi connectivity index (χ2n) is 7.55. The van der Waals surface area contributed by atoms with Gasteiger partial charge in [0.05, 0.1) is 11.2 Å². The zero-order valence-corrected chi connectivity index (χ0v) is 20.2. The first-order chi connectivity index (χ1) is 16.9. The van der Waals surface area contributed by atoms with E-state index in [2.05, 4.69) is 4.72 Å². The highest BCUT2D eigenvalue weighted by atomic mass is 35.5. The Labute approximate surface area is 209 Å². The lowest BCUT2D eigenvalue weighted by atomic mass is 10.2. The van der Waals surface area contributed by atoms with Crippen LogP contribution in [0.4, 0.5) is 5.69 Å². The average molecular weight is 511 g/mol. The summed E-state index contributed by atoms with van der Waals surface area (Å²) in [5, 5.41) is 0.455. The van der Waals surface area contributed by atoms with E-state index in [1.807, 2.05) is 30.3 Å². The van der Waals surface area contributed by atoms with Gasteiger partial charge in [-0.1, -0.05) is 29.8 Å². The Morgan fingerprint density at radius 2 is 1.57 bits per heavy atom. The van der Waals surface area contributed by atoms with Crippen molar-refractivity contribution in [2.24, 2.45) is 0 Å². The van der Waals surface area contributed by atoms with Gasteiger partial charge < -0.3 is 14.1 Å². The lowest BCUT2D eigenvalue weighted by Gasteiger charge is -2.22. The first kappa shape index (κ1) is 24.5. The second-order valence-corrected chi connectivity index (χ2v) is 9.75. The van der Waals surface area contributed by atoms with Crippen molar-refractivity contribution in [2.75, 3.05) is 18.0 Å². The van der Waals surface area contributed by atoms with E-state index in [0.29, 0.717) is 28.6 Å². The maximum atomic E-state index is 13.1. The van der Waals surface area contributed by atoms with E-state index < -0.39 is 10.0 Å². The molecule has 0 unspecified atom stereocenters. The highest BCUT2D eigenvalue weighted by Crippen LogP contribution is 2.25. The first-order valence-corrected chi connectivity index (χ1v) is 12.7. The quantitative estimate of drug-likeness (QED) is 0.275. The van der Waals surface area contributed by atoms with Gasteiger partial charge in [0.25, 0.3) is 5.91 Å². The van der Waals surface area contributed by atoms with Gasteiger partial charge in [-0.2, -0.15) is 0 Å². The number of nitrogens with one attached hydrogen (secondary N) is 1. The lowest BCUT2D eigenvalue weighted by molar-refractivity contribution is 0.0960. The third-order valence-electron chi connectivity index (χ3n) is 5.08. The fourth-order valence-electron chi connectivity index (χ4n) is 3.34. The molecule has 7 nitrogen and oxygen atoms in total. The molecule has 180 valence electrons. The SMILES string of the molecule is O=C(c1ccco1)N(CCCNS(=O)(=O)c1ccc(Cl)cc1)c1ccc(Oc2ccccc2)cc1. The maximum absolute atomic E-state index is 13.1. The number of rotatable bonds is 10. The fourth-order valence-corrected chi connectivity index (χ4v) is 4.54. The van der Waals surface area contributed by atoms with Crippen molar-refractivity contribution >= 4 is 33.2 Å². The molecule has 0 saturated heterocycles. The summed E-state index contributed by atoms with van der Waals surface area (Å²) in [5.74, 6) is 1.20. The molecule has 0 saturated carbocycles. The normalized spacial score (nSPS) is 11.2. The molecular formula is C26H23ClN2O5S. The number of amides is 1. The van der Waals surface area contributed by atoms with Crippen LogP contribution in [0.2, 0.25) is 5.02 Å². The maximum Gasteiger partial charge on any atom is 0.293 e. The number of furan rings is 1. The first-order valence-electron chi connectivity index (χ1n) is 10.9. The summed E-state index contributed by atoms with van der Waals surface area (Å²) in [4.78, 5) is 14.7. The van der Waals surface area contributed by atoms with E-state index in [4.69, 9.17) is 20.8 Å². The van der Waals surface area contributed by atoms with Crippen molar-refractivity contribution in [3.05, 3.63) is 108 Å². The summed E-state index contributed by atoms with van der Waals surface area (Å²) in [7, 11) is -3.69. The topological polar surface area (TPSA) is 88.9 Å². The number of nitrogens with zero attached hydrogens (tertiary/aromatic N) is 1. The van der Waals surface area contributed by atoms with Gasteiger partial charge in [-0.25, -0.2) is 13.1 Å². The van der Waals surface area contributed by atoms with Crippen LogP contribution in [-0.2, 0) is 10.0 Å². The van der Waals surface area contributed by atoms with Crippen LogP contribution in [-0.4, -0.2) is 27.4 Å². The van der Waals surface area contributed by atoms with Crippen LogP contribution in [0.3, 0.4) is 0 Å². The Morgan fingerprint density at radius 3 is 2.23 bits per heavy atom. The van der Waals surface area contributed by atoms with Gasteiger partial charge in [0, 0.05) is 23.8 Å². The summed E-state index contributed by atoms with van der Waals surface area (Å²) >= 11 is 5.84. The number of para-hydroxylation sites is 1. The zero-order chi connectivity index (χ0) is 24.7. The molecule has 1 N–H and O–H groups in total. The number of ether oxygens (including phenoxy) is 1. The van der Waals surface area contributed by atoms with Crippen LogP contribution in [0.5, 0.6) is 11.5 Å². The van der Waals surface area contributed by atoms with E-state index in [1.165, 1.54) is 30.5 Å². The van der Waals surface area contributed by atoms with Crippen molar-refractivity contribution in [2.45, 2.75) is 11.3 Å². The molecule has 9 heteroatoms. The largest absolute Gasteiger partial charge is 0.459 e. The van der Waals surface area contributed by atoms with Crippen molar-refractivity contribution < 1.29 is 22.4 Å². The number of carbonyl (C=O) groups is 1. The Hall–Kier alpha value is -3.59. The molecule has 3 aromatic carbocycles. The van der Waals surface area contributed by atoms with Gasteiger partial charge in [0.2, 0.25) is 10.0 Å². The van der Waals surface area contributed by atoms with Crippen molar-refractivity contribution in [1.82, 2.24) is 4.72 Å². The minimum atomic E-state index is -3.69. The Bertz CT molecular complexity index is 1340. The van der Waals surface area contributed by atoms with E-state index in [0.717, 1.165) is 0 Å². The second kappa shape index (κ2) is 11.2. The van der Waals surface area contributed by atoms with E-state index in [-0.39, 0.29) is 29.7 Å². The highest BCUT2D eigenvalue weighted by molar-refractivity contribution is 7.89. The zero-order valence-electron chi connectivity index (χ0n) is 18.6. The number of benzene rings is 3. The molecular weight excluding hydrogens is 488 g/mol. The molecule has 0 aliphatic rings. The molecule has 0 fully saturated rings. The van der Waals surface area contributed by atoms with Crippen molar-refractivity contribution in [3.8, 4) is 11.5 Å². The molecule has 1 aromatic heterocycles. The third-order valence-corrected chi connectivity index (χ3v) is 6.81.